The number of carbonyl (C=O) groups is 1. The third kappa shape index (κ3) is 6.03. The summed E-state index contributed by atoms with van der Waals surface area (Å²) in [7, 11) is 1.96. The number of non-ortho nitro benzene ring substituents is 1. The lowest BCUT2D eigenvalue weighted by Crippen LogP contribution is -3.00. The standard InChI is InChI=1S/C28H22N6O3.ClH/c1-33-16-13-23(14-17-33)30-20-4-2-19(3-5-20)28(35)32-22-8-6-21(7-9-22)31-27-12-15-29-26-11-10-24(34(36)37)18-25(26)27;/h2-18H,1H3,(H2,29,31,32,35);1H. The predicted molar refractivity (Wildman–Crippen MR) is 143 cm³/mol. The molecule has 5 aromatic rings. The molecule has 190 valence electrons. The van der Waals surface area contributed by atoms with Crippen molar-refractivity contribution in [3.05, 3.63) is 119 Å². The van der Waals surface area contributed by atoms with Gasteiger partial charge in [0.25, 0.3) is 11.6 Å². The minimum atomic E-state index is -0.430. The van der Waals surface area contributed by atoms with E-state index in [0.717, 1.165) is 17.1 Å². The lowest BCUT2D eigenvalue weighted by molar-refractivity contribution is -0.671. The quantitative estimate of drug-likeness (QED) is 0.171. The lowest BCUT2D eigenvalue weighted by atomic mass is 10.1. The number of benzene rings is 3. The number of anilines is 5. The fourth-order valence-electron chi connectivity index (χ4n) is 3.81. The van der Waals surface area contributed by atoms with Gasteiger partial charge < -0.3 is 28.4 Å². The molecule has 0 spiro atoms. The summed E-state index contributed by atoms with van der Waals surface area (Å²) in [6.45, 7) is 0. The van der Waals surface area contributed by atoms with Crippen molar-refractivity contribution in [2.24, 2.45) is 7.05 Å². The Morgan fingerprint density at radius 2 is 1.42 bits per heavy atom. The lowest BCUT2D eigenvalue weighted by Gasteiger charge is -2.11. The molecule has 38 heavy (non-hydrogen) atoms. The van der Waals surface area contributed by atoms with Gasteiger partial charge in [0.1, 0.15) is 7.05 Å². The normalized spacial score (nSPS) is 10.3. The van der Waals surface area contributed by atoms with Crippen LogP contribution in [0.15, 0.2) is 104 Å². The van der Waals surface area contributed by atoms with Crippen molar-refractivity contribution in [2.45, 2.75) is 0 Å². The zero-order valence-corrected chi connectivity index (χ0v) is 21.0. The summed E-state index contributed by atoms with van der Waals surface area (Å²) in [5.41, 5.74) is 5.14. The van der Waals surface area contributed by atoms with Crippen LogP contribution in [0.3, 0.4) is 0 Å². The van der Waals surface area contributed by atoms with E-state index in [9.17, 15) is 14.9 Å². The molecule has 0 unspecified atom stereocenters. The molecule has 0 atom stereocenters. The molecule has 3 N–H and O–H groups in total. The number of nitrogens with one attached hydrogen (secondary N) is 3. The van der Waals surface area contributed by atoms with E-state index in [4.69, 9.17) is 0 Å². The molecular formula is C28H23ClN6O3. The molecule has 0 saturated carbocycles. The Kier molecular flexibility index (Phi) is 7.79. The van der Waals surface area contributed by atoms with Crippen molar-refractivity contribution in [1.29, 1.82) is 0 Å². The molecule has 0 fully saturated rings. The molecule has 0 aliphatic rings. The number of fused-ring (bicyclic) bond motifs is 1. The number of rotatable bonds is 7. The topological polar surface area (TPSA) is 113 Å². The minimum Gasteiger partial charge on any atom is -1.00 e. The Morgan fingerprint density at radius 3 is 2.11 bits per heavy atom. The van der Waals surface area contributed by atoms with Gasteiger partial charge in [0.05, 0.1) is 16.1 Å². The smallest absolute Gasteiger partial charge is 0.270 e. The average Bonchev–Trinajstić information content (AvgIpc) is 2.91. The number of halogens is 1. The number of hydrogen-bond acceptors (Lipinski definition) is 6. The number of aryl methyl sites for hydroxylation is 1. The minimum absolute atomic E-state index is 0. The summed E-state index contributed by atoms with van der Waals surface area (Å²) < 4.78 is 1.95. The number of aromatic nitrogens is 2. The van der Waals surface area contributed by atoms with Crippen LogP contribution in [0, 0.1) is 10.1 Å². The maximum absolute atomic E-state index is 12.7. The Bertz CT molecular complexity index is 1590. The Hall–Kier alpha value is -5.02. The van der Waals surface area contributed by atoms with Crippen molar-refractivity contribution in [1.82, 2.24) is 4.98 Å². The van der Waals surface area contributed by atoms with Crippen LogP contribution in [0.2, 0.25) is 0 Å². The number of nitro benzene ring substituents is 1. The summed E-state index contributed by atoms with van der Waals surface area (Å²) >= 11 is 0. The number of pyridine rings is 2. The van der Waals surface area contributed by atoms with Gasteiger partial charge in [0, 0.05) is 64.2 Å². The van der Waals surface area contributed by atoms with E-state index in [1.807, 2.05) is 60.4 Å². The highest BCUT2D eigenvalue weighted by atomic mass is 35.5. The molecule has 0 saturated heterocycles. The molecule has 0 aliphatic heterocycles. The molecule has 1 amide bonds. The van der Waals surface area contributed by atoms with E-state index in [0.29, 0.717) is 27.8 Å². The molecule has 5 rings (SSSR count). The monoisotopic (exact) mass is 526 g/mol. The van der Waals surface area contributed by atoms with E-state index in [-0.39, 0.29) is 24.0 Å². The van der Waals surface area contributed by atoms with Crippen LogP contribution in [0.4, 0.5) is 34.1 Å². The van der Waals surface area contributed by atoms with E-state index in [1.165, 1.54) is 12.1 Å². The Morgan fingerprint density at radius 1 is 0.816 bits per heavy atom. The number of carbonyl (C=O) groups excluding carboxylic acids is 1. The first-order valence-corrected chi connectivity index (χ1v) is 11.5. The summed E-state index contributed by atoms with van der Waals surface area (Å²) in [4.78, 5) is 27.7. The van der Waals surface area contributed by atoms with E-state index >= 15 is 0 Å². The highest BCUT2D eigenvalue weighted by Gasteiger charge is 2.11. The number of hydrogen-bond donors (Lipinski definition) is 3. The summed E-state index contributed by atoms with van der Waals surface area (Å²) in [6, 6.07) is 24.8. The van der Waals surface area contributed by atoms with Crippen LogP contribution < -0.4 is 32.9 Å². The first kappa shape index (κ1) is 26.1. The van der Waals surface area contributed by atoms with Gasteiger partial charge in [-0.2, -0.15) is 0 Å². The fraction of sp³-hybridized carbons (Fsp3) is 0.0357. The summed E-state index contributed by atoms with van der Waals surface area (Å²) in [5, 5.41) is 21.3. The summed E-state index contributed by atoms with van der Waals surface area (Å²) in [5.74, 6) is -0.216. The maximum Gasteiger partial charge on any atom is 0.270 e. The van der Waals surface area contributed by atoms with Crippen LogP contribution in [-0.2, 0) is 7.05 Å². The Balaban J connectivity index is 0.00000336. The van der Waals surface area contributed by atoms with Gasteiger partial charge in [-0.25, -0.2) is 4.57 Å². The van der Waals surface area contributed by atoms with Crippen molar-refractivity contribution >= 4 is 50.9 Å². The SMILES string of the molecule is C[n+]1ccc(Nc2ccc(C(=O)Nc3ccc(Nc4ccnc5ccc([N+](=O)[O-])cc45)cc3)cc2)cc1.[Cl-]. The van der Waals surface area contributed by atoms with Crippen molar-refractivity contribution < 1.29 is 26.7 Å². The zero-order chi connectivity index (χ0) is 25.8. The second-order valence-electron chi connectivity index (χ2n) is 8.43. The van der Waals surface area contributed by atoms with Gasteiger partial charge in [-0.15, -0.1) is 0 Å². The molecule has 10 heteroatoms. The number of nitro groups is 1. The third-order valence-electron chi connectivity index (χ3n) is 5.77. The van der Waals surface area contributed by atoms with Gasteiger partial charge >= 0.3 is 0 Å². The second kappa shape index (κ2) is 11.4. The van der Waals surface area contributed by atoms with Crippen LogP contribution >= 0.6 is 0 Å². The molecule has 2 aromatic heterocycles. The molecule has 0 aliphatic carbocycles. The van der Waals surface area contributed by atoms with Gasteiger partial charge in [-0.1, -0.05) is 0 Å². The van der Waals surface area contributed by atoms with E-state index in [2.05, 4.69) is 20.9 Å². The van der Waals surface area contributed by atoms with Gasteiger partial charge in [0.2, 0.25) is 0 Å². The van der Waals surface area contributed by atoms with Crippen LogP contribution in [0.1, 0.15) is 10.4 Å². The van der Waals surface area contributed by atoms with Crippen molar-refractivity contribution in [3.8, 4) is 0 Å². The van der Waals surface area contributed by atoms with Gasteiger partial charge in [0.15, 0.2) is 12.4 Å². The number of amides is 1. The van der Waals surface area contributed by atoms with Crippen molar-refractivity contribution in [2.75, 3.05) is 16.0 Å². The molecule has 2 heterocycles. The van der Waals surface area contributed by atoms with Crippen LogP contribution in [0.25, 0.3) is 10.9 Å². The number of nitrogens with zero attached hydrogens (tertiary/aromatic N) is 3. The predicted octanol–water partition coefficient (Wildman–Crippen LogP) is 2.71. The van der Waals surface area contributed by atoms with Gasteiger partial charge in [-0.05, 0) is 60.7 Å². The maximum atomic E-state index is 12.7. The third-order valence-corrected chi connectivity index (χ3v) is 5.77. The second-order valence-corrected chi connectivity index (χ2v) is 8.43. The molecule has 0 radical (unpaired) electrons. The molecular weight excluding hydrogens is 504 g/mol. The van der Waals surface area contributed by atoms with Crippen LogP contribution in [-0.4, -0.2) is 15.8 Å². The highest BCUT2D eigenvalue weighted by Crippen LogP contribution is 2.29. The first-order valence-electron chi connectivity index (χ1n) is 11.5. The van der Waals surface area contributed by atoms with Crippen molar-refractivity contribution in [3.63, 3.8) is 0 Å². The van der Waals surface area contributed by atoms with E-state index in [1.54, 1.807) is 42.6 Å². The zero-order valence-electron chi connectivity index (χ0n) is 20.3. The molecule has 9 nitrogen and oxygen atoms in total. The largest absolute Gasteiger partial charge is 1.00 e. The van der Waals surface area contributed by atoms with Crippen LogP contribution in [0.5, 0.6) is 0 Å². The fourth-order valence-corrected chi connectivity index (χ4v) is 3.81. The Labute approximate surface area is 224 Å². The first-order chi connectivity index (χ1) is 17.9. The molecule has 0 bridgehead atoms. The highest BCUT2D eigenvalue weighted by molar-refractivity contribution is 6.04. The average molecular weight is 527 g/mol. The summed E-state index contributed by atoms with van der Waals surface area (Å²) in [6.07, 6.45) is 5.55. The van der Waals surface area contributed by atoms with Gasteiger partial charge in [-0.3, -0.25) is 19.9 Å². The molecule has 3 aromatic carbocycles. The van der Waals surface area contributed by atoms with E-state index < -0.39 is 4.92 Å².